The van der Waals surface area contributed by atoms with Crippen LogP contribution in [-0.4, -0.2) is 43.1 Å². The van der Waals surface area contributed by atoms with Crippen LogP contribution in [0.2, 0.25) is 0 Å². The highest BCUT2D eigenvalue weighted by atomic mass is 16.3. The van der Waals surface area contributed by atoms with E-state index in [1.807, 2.05) is 0 Å². The summed E-state index contributed by atoms with van der Waals surface area (Å²) in [5.41, 5.74) is 0. The molecule has 0 aromatic rings. The van der Waals surface area contributed by atoms with Crippen LogP contribution in [0.4, 0.5) is 0 Å². The van der Waals surface area contributed by atoms with Crippen LogP contribution in [0.15, 0.2) is 5.29 Å². The summed E-state index contributed by atoms with van der Waals surface area (Å²) in [5, 5.41) is 4.25. The smallest absolute Gasteiger partial charge is 0.0521 e. The number of nitrogens with zero attached hydrogens (tertiary/aromatic N) is 3. The van der Waals surface area contributed by atoms with Gasteiger partial charge in [0.2, 0.25) is 0 Å². The normalized spacial score (nSPS) is 18.6. The molecule has 4 heteroatoms. The Hall–Kier alpha value is -0.640. The Morgan fingerprint density at radius 2 is 2.09 bits per heavy atom. The number of nitroso groups, excluding NO2 is 1. The van der Waals surface area contributed by atoms with Gasteiger partial charge in [-0.15, -0.1) is 4.91 Å². The van der Waals surface area contributed by atoms with Crippen molar-refractivity contribution in [2.24, 2.45) is 5.29 Å². The predicted octanol–water partition coefficient (Wildman–Crippen LogP) is 0.695. The van der Waals surface area contributed by atoms with E-state index in [0.717, 1.165) is 13.1 Å². The number of hydrogen-bond donors (Lipinski definition) is 0. The van der Waals surface area contributed by atoms with Crippen LogP contribution in [0.3, 0.4) is 0 Å². The van der Waals surface area contributed by atoms with Gasteiger partial charge >= 0.3 is 0 Å². The maximum Gasteiger partial charge on any atom is 0.0521 e. The first-order valence-electron chi connectivity index (χ1n) is 4.09. The largest absolute Gasteiger partial charge is 0.302 e. The second-order valence-corrected chi connectivity index (χ2v) is 3.01. The molecule has 0 saturated carbocycles. The second kappa shape index (κ2) is 4.28. The van der Waals surface area contributed by atoms with Crippen molar-refractivity contribution in [1.29, 1.82) is 0 Å². The molecule has 64 valence electrons. The monoisotopic (exact) mass is 157 g/mol. The van der Waals surface area contributed by atoms with Crippen LogP contribution in [0.25, 0.3) is 0 Å². The van der Waals surface area contributed by atoms with E-state index in [4.69, 9.17) is 0 Å². The standard InChI is InChI=1S/C7H15N3O/c1-9(8-11)6-7-10-4-2-3-5-10/h2-7H2,1H3. The lowest BCUT2D eigenvalue weighted by atomic mass is 10.4. The van der Waals surface area contributed by atoms with Gasteiger partial charge in [-0.2, -0.15) is 0 Å². The summed E-state index contributed by atoms with van der Waals surface area (Å²) in [4.78, 5) is 12.3. The highest BCUT2D eigenvalue weighted by Crippen LogP contribution is 2.06. The Morgan fingerprint density at radius 3 is 2.64 bits per heavy atom. The minimum Gasteiger partial charge on any atom is -0.302 e. The zero-order chi connectivity index (χ0) is 8.10. The summed E-state index contributed by atoms with van der Waals surface area (Å²) in [7, 11) is 1.71. The van der Waals surface area contributed by atoms with Gasteiger partial charge in [0.1, 0.15) is 0 Å². The van der Waals surface area contributed by atoms with Crippen molar-refractivity contribution in [1.82, 2.24) is 9.91 Å². The van der Waals surface area contributed by atoms with E-state index < -0.39 is 0 Å². The van der Waals surface area contributed by atoms with Crippen LogP contribution >= 0.6 is 0 Å². The third-order valence-electron chi connectivity index (χ3n) is 2.08. The molecule has 1 fully saturated rings. The van der Waals surface area contributed by atoms with Crippen molar-refractivity contribution in [3.05, 3.63) is 4.91 Å². The van der Waals surface area contributed by atoms with Crippen molar-refractivity contribution >= 4 is 0 Å². The van der Waals surface area contributed by atoms with Gasteiger partial charge in [0.05, 0.1) is 11.8 Å². The number of hydrogen-bond acceptors (Lipinski definition) is 3. The van der Waals surface area contributed by atoms with Crippen LogP contribution in [-0.2, 0) is 0 Å². The summed E-state index contributed by atoms with van der Waals surface area (Å²) in [5.74, 6) is 0. The Labute approximate surface area is 67.1 Å². The molecule has 0 atom stereocenters. The van der Waals surface area contributed by atoms with Crippen LogP contribution in [0.5, 0.6) is 0 Å². The van der Waals surface area contributed by atoms with Crippen molar-refractivity contribution in [3.63, 3.8) is 0 Å². The minimum atomic E-state index is 0.753. The predicted molar refractivity (Wildman–Crippen MR) is 44.1 cm³/mol. The molecule has 0 bridgehead atoms. The van der Waals surface area contributed by atoms with E-state index >= 15 is 0 Å². The second-order valence-electron chi connectivity index (χ2n) is 3.01. The minimum absolute atomic E-state index is 0.753. The topological polar surface area (TPSA) is 35.9 Å². The molecule has 0 aliphatic carbocycles. The molecule has 0 unspecified atom stereocenters. The fraction of sp³-hybridized carbons (Fsp3) is 1.00. The van der Waals surface area contributed by atoms with Crippen LogP contribution < -0.4 is 0 Å². The lowest BCUT2D eigenvalue weighted by molar-refractivity contribution is 0.262. The fourth-order valence-corrected chi connectivity index (χ4v) is 1.33. The van der Waals surface area contributed by atoms with E-state index in [9.17, 15) is 4.91 Å². The number of rotatable bonds is 4. The van der Waals surface area contributed by atoms with Crippen molar-refractivity contribution in [2.75, 3.05) is 33.2 Å². The number of likely N-dealkylation sites (tertiary alicyclic amines) is 1. The molecular formula is C7H15N3O. The quantitative estimate of drug-likeness (QED) is 0.445. The summed E-state index contributed by atoms with van der Waals surface area (Å²) in [6.45, 7) is 4.10. The van der Waals surface area contributed by atoms with E-state index in [1.165, 1.54) is 30.9 Å². The van der Waals surface area contributed by atoms with Crippen LogP contribution in [0.1, 0.15) is 12.8 Å². The third kappa shape index (κ3) is 2.84. The van der Waals surface area contributed by atoms with Crippen molar-refractivity contribution in [3.8, 4) is 0 Å². The Kier molecular flexibility index (Phi) is 3.29. The lowest BCUT2D eigenvalue weighted by Gasteiger charge is -2.16. The van der Waals surface area contributed by atoms with E-state index in [-0.39, 0.29) is 0 Å². The molecule has 0 radical (unpaired) electrons. The highest BCUT2D eigenvalue weighted by Gasteiger charge is 2.10. The molecular weight excluding hydrogens is 142 g/mol. The molecule has 11 heavy (non-hydrogen) atoms. The molecule has 4 nitrogen and oxygen atoms in total. The molecule has 0 aromatic carbocycles. The summed E-state index contributed by atoms with van der Waals surface area (Å²) < 4.78 is 0. The molecule has 0 amide bonds. The molecule has 1 aliphatic rings. The summed E-state index contributed by atoms with van der Waals surface area (Å²) >= 11 is 0. The highest BCUT2D eigenvalue weighted by molar-refractivity contribution is 4.66. The lowest BCUT2D eigenvalue weighted by Crippen LogP contribution is -2.28. The van der Waals surface area contributed by atoms with Gasteiger partial charge in [-0.3, -0.25) is 5.01 Å². The molecule has 1 rings (SSSR count). The van der Waals surface area contributed by atoms with Crippen molar-refractivity contribution < 1.29 is 0 Å². The average Bonchev–Trinajstić information content (AvgIpc) is 2.52. The number of likely N-dealkylation sites (N-methyl/N-ethyl adjacent to an activating group) is 1. The molecule has 0 aromatic heterocycles. The molecule has 0 spiro atoms. The molecule has 0 N–H and O–H groups in total. The molecule has 1 heterocycles. The maximum absolute atomic E-state index is 9.97. The molecule has 1 saturated heterocycles. The van der Waals surface area contributed by atoms with Gasteiger partial charge in [-0.05, 0) is 25.9 Å². The Balaban J connectivity index is 2.06. The zero-order valence-electron chi connectivity index (χ0n) is 6.99. The van der Waals surface area contributed by atoms with Crippen molar-refractivity contribution in [2.45, 2.75) is 12.8 Å². The van der Waals surface area contributed by atoms with E-state index in [2.05, 4.69) is 10.2 Å². The SMILES string of the molecule is CN(CCN1CCCC1)N=O. The van der Waals surface area contributed by atoms with Gasteiger partial charge in [0.25, 0.3) is 0 Å². The maximum atomic E-state index is 9.97. The van der Waals surface area contributed by atoms with Gasteiger partial charge in [-0.25, -0.2) is 0 Å². The van der Waals surface area contributed by atoms with E-state index in [0.29, 0.717) is 0 Å². The first-order chi connectivity index (χ1) is 5.33. The fourth-order valence-electron chi connectivity index (χ4n) is 1.33. The van der Waals surface area contributed by atoms with Gasteiger partial charge in [-0.1, -0.05) is 0 Å². The van der Waals surface area contributed by atoms with Gasteiger partial charge in [0.15, 0.2) is 0 Å². The average molecular weight is 157 g/mol. The zero-order valence-corrected chi connectivity index (χ0v) is 6.99. The molecule has 1 aliphatic heterocycles. The first kappa shape index (κ1) is 8.46. The van der Waals surface area contributed by atoms with Crippen LogP contribution in [0, 0.1) is 4.91 Å². The Bertz CT molecular complexity index is 123. The van der Waals surface area contributed by atoms with E-state index in [1.54, 1.807) is 7.05 Å². The Morgan fingerprint density at radius 1 is 1.45 bits per heavy atom. The summed E-state index contributed by atoms with van der Waals surface area (Å²) in [6, 6.07) is 0. The first-order valence-corrected chi connectivity index (χ1v) is 4.09. The summed E-state index contributed by atoms with van der Waals surface area (Å²) in [6.07, 6.45) is 2.61. The van der Waals surface area contributed by atoms with Gasteiger partial charge in [0, 0.05) is 13.6 Å². The third-order valence-corrected chi connectivity index (χ3v) is 2.08. The van der Waals surface area contributed by atoms with Gasteiger partial charge < -0.3 is 4.90 Å².